The van der Waals surface area contributed by atoms with Gasteiger partial charge in [-0.15, -0.1) is 0 Å². The van der Waals surface area contributed by atoms with Crippen molar-refractivity contribution in [2.45, 2.75) is 51.0 Å². The molecular formula is C11H22N2O. The Morgan fingerprint density at radius 2 is 1.79 bits per heavy atom. The predicted octanol–water partition coefficient (Wildman–Crippen LogP) is 0.846. The first-order chi connectivity index (χ1) is 6.70. The van der Waals surface area contributed by atoms with E-state index < -0.39 is 0 Å². The molecule has 2 heterocycles. The lowest BCUT2D eigenvalue weighted by atomic mass is 10.1. The highest BCUT2D eigenvalue weighted by Crippen LogP contribution is 2.27. The second kappa shape index (κ2) is 4.17. The first-order valence-electron chi connectivity index (χ1n) is 5.77. The largest absolute Gasteiger partial charge is 0.372 e. The summed E-state index contributed by atoms with van der Waals surface area (Å²) in [6.45, 7) is 6.82. The minimum absolute atomic E-state index is 0.514. The molecule has 3 nitrogen and oxygen atoms in total. The summed E-state index contributed by atoms with van der Waals surface area (Å²) in [5, 5.41) is 3.33. The van der Waals surface area contributed by atoms with Gasteiger partial charge in [0.25, 0.3) is 0 Å². The molecule has 0 amide bonds. The topological polar surface area (TPSA) is 24.5 Å². The molecule has 2 aliphatic heterocycles. The van der Waals surface area contributed by atoms with E-state index in [0.29, 0.717) is 24.3 Å². The third-order valence-corrected chi connectivity index (χ3v) is 3.83. The minimum Gasteiger partial charge on any atom is -0.372 e. The quantitative estimate of drug-likeness (QED) is 0.727. The fraction of sp³-hybridized carbons (Fsp3) is 1.00. The molecule has 4 atom stereocenters. The number of ether oxygens (including phenoxy) is 1. The van der Waals surface area contributed by atoms with Crippen LogP contribution in [0.15, 0.2) is 0 Å². The average molecular weight is 198 g/mol. The van der Waals surface area contributed by atoms with Crippen molar-refractivity contribution in [3.05, 3.63) is 0 Å². The van der Waals surface area contributed by atoms with E-state index in [0.717, 1.165) is 13.1 Å². The fourth-order valence-electron chi connectivity index (χ4n) is 2.54. The number of likely N-dealkylation sites (N-methyl/N-ethyl adjacent to an activating group) is 1. The molecule has 2 bridgehead atoms. The SMILES string of the molecule is CNC(C)C(C)N1CC2CCC(C1)O2. The minimum atomic E-state index is 0.514. The molecule has 4 unspecified atom stereocenters. The molecular weight excluding hydrogens is 176 g/mol. The van der Waals surface area contributed by atoms with Crippen molar-refractivity contribution in [3.63, 3.8) is 0 Å². The molecule has 1 N–H and O–H groups in total. The van der Waals surface area contributed by atoms with Gasteiger partial charge in [0, 0.05) is 25.2 Å². The molecule has 3 heteroatoms. The first-order valence-corrected chi connectivity index (χ1v) is 5.77. The molecule has 2 aliphatic rings. The highest BCUT2D eigenvalue weighted by Gasteiger charge is 2.36. The predicted molar refractivity (Wildman–Crippen MR) is 57.5 cm³/mol. The van der Waals surface area contributed by atoms with E-state index in [1.54, 1.807) is 0 Å². The second-order valence-corrected chi connectivity index (χ2v) is 4.73. The Morgan fingerprint density at radius 1 is 1.21 bits per heavy atom. The Hall–Kier alpha value is -0.120. The van der Waals surface area contributed by atoms with Crippen LogP contribution in [0.5, 0.6) is 0 Å². The maximum atomic E-state index is 5.83. The average Bonchev–Trinajstić information content (AvgIpc) is 2.55. The van der Waals surface area contributed by atoms with Gasteiger partial charge < -0.3 is 10.1 Å². The van der Waals surface area contributed by atoms with Crippen molar-refractivity contribution in [3.8, 4) is 0 Å². The van der Waals surface area contributed by atoms with Crippen LogP contribution in [0.2, 0.25) is 0 Å². The molecule has 0 saturated carbocycles. The molecule has 0 spiro atoms. The van der Waals surface area contributed by atoms with E-state index >= 15 is 0 Å². The standard InChI is InChI=1S/C11H22N2O/c1-8(12-3)9(2)13-6-10-4-5-11(7-13)14-10/h8-12H,4-7H2,1-3H3. The molecule has 2 fully saturated rings. The van der Waals surface area contributed by atoms with Crippen LogP contribution >= 0.6 is 0 Å². The Morgan fingerprint density at radius 3 is 2.29 bits per heavy atom. The number of fused-ring (bicyclic) bond motifs is 2. The van der Waals surface area contributed by atoms with Crippen LogP contribution < -0.4 is 5.32 Å². The molecule has 0 radical (unpaired) electrons. The zero-order chi connectivity index (χ0) is 10.1. The van der Waals surface area contributed by atoms with Gasteiger partial charge in [-0.25, -0.2) is 0 Å². The Bertz CT molecular complexity index is 186. The van der Waals surface area contributed by atoms with E-state index in [9.17, 15) is 0 Å². The highest BCUT2D eigenvalue weighted by molar-refractivity contribution is 4.89. The van der Waals surface area contributed by atoms with Gasteiger partial charge in [-0.2, -0.15) is 0 Å². The number of morpholine rings is 1. The molecule has 0 aromatic carbocycles. The molecule has 2 rings (SSSR count). The maximum absolute atomic E-state index is 5.83. The van der Waals surface area contributed by atoms with Crippen LogP contribution in [0.3, 0.4) is 0 Å². The summed E-state index contributed by atoms with van der Waals surface area (Å²) in [5.74, 6) is 0. The number of rotatable bonds is 3. The van der Waals surface area contributed by atoms with Gasteiger partial charge in [-0.05, 0) is 33.7 Å². The van der Waals surface area contributed by atoms with Crippen molar-refractivity contribution >= 4 is 0 Å². The van der Waals surface area contributed by atoms with Crippen LogP contribution in [0.4, 0.5) is 0 Å². The Kier molecular flexibility index (Phi) is 3.10. The number of likely N-dealkylation sites (tertiary alicyclic amines) is 1. The van der Waals surface area contributed by atoms with E-state index in [2.05, 4.69) is 24.1 Å². The molecule has 0 aliphatic carbocycles. The lowest BCUT2D eigenvalue weighted by Gasteiger charge is -2.38. The molecule has 14 heavy (non-hydrogen) atoms. The van der Waals surface area contributed by atoms with E-state index in [1.165, 1.54) is 12.8 Å². The second-order valence-electron chi connectivity index (χ2n) is 4.73. The van der Waals surface area contributed by atoms with Crippen molar-refractivity contribution in [1.82, 2.24) is 10.2 Å². The van der Waals surface area contributed by atoms with E-state index in [4.69, 9.17) is 4.74 Å². The zero-order valence-corrected chi connectivity index (χ0v) is 9.49. The summed E-state index contributed by atoms with van der Waals surface area (Å²) in [7, 11) is 2.04. The van der Waals surface area contributed by atoms with Crippen LogP contribution in [0.1, 0.15) is 26.7 Å². The summed E-state index contributed by atoms with van der Waals surface area (Å²) < 4.78 is 5.83. The van der Waals surface area contributed by atoms with Gasteiger partial charge in [0.2, 0.25) is 0 Å². The Labute approximate surface area is 86.8 Å². The lowest BCUT2D eigenvalue weighted by molar-refractivity contribution is -0.0538. The summed E-state index contributed by atoms with van der Waals surface area (Å²) in [6, 6.07) is 1.18. The number of nitrogens with one attached hydrogen (secondary N) is 1. The van der Waals surface area contributed by atoms with Crippen molar-refractivity contribution in [1.29, 1.82) is 0 Å². The Balaban J connectivity index is 1.92. The van der Waals surface area contributed by atoms with Crippen molar-refractivity contribution < 1.29 is 4.74 Å². The number of nitrogens with zero attached hydrogens (tertiary/aromatic N) is 1. The van der Waals surface area contributed by atoms with Crippen LogP contribution in [-0.2, 0) is 4.74 Å². The van der Waals surface area contributed by atoms with E-state index in [-0.39, 0.29) is 0 Å². The summed E-state index contributed by atoms with van der Waals surface area (Å²) in [5.41, 5.74) is 0. The maximum Gasteiger partial charge on any atom is 0.0707 e. The van der Waals surface area contributed by atoms with Gasteiger partial charge in [-0.1, -0.05) is 0 Å². The zero-order valence-electron chi connectivity index (χ0n) is 9.49. The van der Waals surface area contributed by atoms with Crippen molar-refractivity contribution in [2.75, 3.05) is 20.1 Å². The fourth-order valence-corrected chi connectivity index (χ4v) is 2.54. The molecule has 2 saturated heterocycles. The van der Waals surface area contributed by atoms with Gasteiger partial charge in [-0.3, -0.25) is 4.90 Å². The van der Waals surface area contributed by atoms with Crippen LogP contribution in [0, 0.1) is 0 Å². The molecule has 0 aromatic rings. The first kappa shape index (κ1) is 10.4. The van der Waals surface area contributed by atoms with Crippen LogP contribution in [0.25, 0.3) is 0 Å². The van der Waals surface area contributed by atoms with Gasteiger partial charge >= 0.3 is 0 Å². The van der Waals surface area contributed by atoms with Gasteiger partial charge in [0.1, 0.15) is 0 Å². The third kappa shape index (κ3) is 1.95. The number of hydrogen-bond donors (Lipinski definition) is 1. The van der Waals surface area contributed by atoms with Gasteiger partial charge in [0.05, 0.1) is 12.2 Å². The van der Waals surface area contributed by atoms with Crippen LogP contribution in [-0.4, -0.2) is 49.3 Å². The summed E-state index contributed by atoms with van der Waals surface area (Å²) in [6.07, 6.45) is 3.56. The van der Waals surface area contributed by atoms with Crippen molar-refractivity contribution in [2.24, 2.45) is 0 Å². The van der Waals surface area contributed by atoms with E-state index in [1.807, 2.05) is 7.05 Å². The summed E-state index contributed by atoms with van der Waals surface area (Å²) in [4.78, 5) is 2.58. The molecule has 82 valence electrons. The highest BCUT2D eigenvalue weighted by atomic mass is 16.5. The molecule has 0 aromatic heterocycles. The monoisotopic (exact) mass is 198 g/mol. The van der Waals surface area contributed by atoms with Gasteiger partial charge in [0.15, 0.2) is 0 Å². The summed E-state index contributed by atoms with van der Waals surface area (Å²) >= 11 is 0. The lowest BCUT2D eigenvalue weighted by Crippen LogP contribution is -2.52. The third-order valence-electron chi connectivity index (χ3n) is 3.83. The smallest absolute Gasteiger partial charge is 0.0707 e. The normalized spacial score (nSPS) is 37.1. The number of hydrogen-bond acceptors (Lipinski definition) is 3.